The number of benzene rings is 2. The minimum absolute atomic E-state index is 0.0329. The molecule has 2 rings (SSSR count). The predicted molar refractivity (Wildman–Crippen MR) is 108 cm³/mol. The summed E-state index contributed by atoms with van der Waals surface area (Å²) < 4.78 is 83.8. The Labute approximate surface area is 186 Å². The molecule has 0 spiro atoms. The molecule has 0 atom stereocenters. The van der Waals surface area contributed by atoms with Gasteiger partial charge in [0.15, 0.2) is 11.5 Å². The van der Waals surface area contributed by atoms with E-state index in [4.69, 9.17) is 16.3 Å². The van der Waals surface area contributed by atoms with Crippen LogP contribution in [0.3, 0.4) is 0 Å². The summed E-state index contributed by atoms with van der Waals surface area (Å²) in [5.74, 6) is -0.125. The van der Waals surface area contributed by atoms with Gasteiger partial charge in [-0.05, 0) is 36.2 Å². The van der Waals surface area contributed by atoms with Gasteiger partial charge in [0.25, 0.3) is 5.60 Å². The summed E-state index contributed by atoms with van der Waals surface area (Å²) in [7, 11) is 1.34. The highest BCUT2D eigenvalue weighted by Gasteiger charge is 2.71. The maximum atomic E-state index is 13.1. The Hall–Kier alpha value is -2.33. The van der Waals surface area contributed by atoms with Crippen molar-refractivity contribution < 1.29 is 41.3 Å². The van der Waals surface area contributed by atoms with Crippen LogP contribution in [0, 0.1) is 0 Å². The number of aliphatic hydroxyl groups is 1. The lowest BCUT2D eigenvalue weighted by molar-refractivity contribution is -0.376. The monoisotopic (exact) mass is 485 g/mol. The Morgan fingerprint density at radius 3 is 2.03 bits per heavy atom. The number of halogens is 7. The van der Waals surface area contributed by atoms with Crippen molar-refractivity contribution in [1.29, 1.82) is 0 Å². The number of alkyl halides is 6. The summed E-state index contributed by atoms with van der Waals surface area (Å²) >= 11 is 6.00. The van der Waals surface area contributed by atoms with Crippen molar-refractivity contribution in [2.24, 2.45) is 0 Å². The van der Waals surface area contributed by atoms with Crippen LogP contribution in [0.25, 0.3) is 0 Å². The number of phenols is 1. The Morgan fingerprint density at radius 1 is 1.00 bits per heavy atom. The summed E-state index contributed by atoms with van der Waals surface area (Å²) in [6.07, 6.45) is -10.4. The van der Waals surface area contributed by atoms with E-state index in [1.165, 1.54) is 19.2 Å². The van der Waals surface area contributed by atoms with Gasteiger partial charge in [-0.25, -0.2) is 0 Å². The van der Waals surface area contributed by atoms with E-state index in [1.54, 1.807) is 4.90 Å². The molecule has 0 aliphatic carbocycles. The highest BCUT2D eigenvalue weighted by atomic mass is 35.5. The van der Waals surface area contributed by atoms with Crippen LogP contribution in [0.15, 0.2) is 36.4 Å². The predicted octanol–water partition coefficient (Wildman–Crippen LogP) is 6.17. The summed E-state index contributed by atoms with van der Waals surface area (Å²) in [6.45, 7) is 2.56. The smallest absolute Gasteiger partial charge is 0.430 e. The zero-order chi connectivity index (χ0) is 24.3. The van der Waals surface area contributed by atoms with Gasteiger partial charge in [0.2, 0.25) is 0 Å². The van der Waals surface area contributed by atoms with Crippen LogP contribution in [-0.2, 0) is 12.1 Å². The Bertz CT molecular complexity index is 901. The number of hydrogen-bond donors (Lipinski definition) is 2. The molecular weight excluding hydrogens is 464 g/mol. The second-order valence-corrected chi connectivity index (χ2v) is 7.56. The van der Waals surface area contributed by atoms with Crippen LogP contribution in [0.2, 0.25) is 5.02 Å². The van der Waals surface area contributed by atoms with E-state index in [-0.39, 0.29) is 23.1 Å². The lowest BCUT2D eigenvalue weighted by atomic mass is 9.92. The molecular formula is C21H22ClF6NO3. The number of rotatable bonds is 8. The van der Waals surface area contributed by atoms with Gasteiger partial charge in [0.1, 0.15) is 0 Å². The molecule has 0 aliphatic rings. The number of anilines is 1. The highest BCUT2D eigenvalue weighted by molar-refractivity contribution is 6.32. The Kier molecular flexibility index (Phi) is 7.83. The van der Waals surface area contributed by atoms with Gasteiger partial charge >= 0.3 is 12.4 Å². The van der Waals surface area contributed by atoms with E-state index >= 15 is 0 Å². The van der Waals surface area contributed by atoms with Gasteiger partial charge in [0, 0.05) is 24.3 Å². The fourth-order valence-corrected chi connectivity index (χ4v) is 3.38. The molecule has 32 heavy (non-hydrogen) atoms. The first-order valence-electron chi connectivity index (χ1n) is 9.53. The first kappa shape index (κ1) is 25.9. The molecule has 0 fully saturated rings. The molecule has 0 radical (unpaired) electrons. The van der Waals surface area contributed by atoms with Gasteiger partial charge in [0.05, 0.1) is 12.1 Å². The molecule has 0 aromatic heterocycles. The number of methoxy groups -OCH3 is 1. The summed E-state index contributed by atoms with van der Waals surface area (Å²) in [6, 6.07) is 6.41. The number of ether oxygens (including phenoxy) is 1. The van der Waals surface area contributed by atoms with Gasteiger partial charge in [-0.1, -0.05) is 37.1 Å². The largest absolute Gasteiger partial charge is 0.503 e. The summed E-state index contributed by atoms with van der Waals surface area (Å²) in [5.41, 5.74) is -5.36. The molecule has 11 heteroatoms. The van der Waals surface area contributed by atoms with Gasteiger partial charge < -0.3 is 19.8 Å². The number of nitrogens with zero attached hydrogens (tertiary/aromatic N) is 1. The Morgan fingerprint density at radius 2 is 1.56 bits per heavy atom. The zero-order valence-electron chi connectivity index (χ0n) is 17.2. The molecule has 0 saturated carbocycles. The molecule has 178 valence electrons. The number of aromatic hydroxyl groups is 1. The fraction of sp³-hybridized carbons (Fsp3) is 0.429. The van der Waals surface area contributed by atoms with Crippen molar-refractivity contribution in [2.75, 3.05) is 18.6 Å². The number of unbranched alkanes of at least 4 members (excludes halogenated alkanes) is 1. The van der Waals surface area contributed by atoms with Crippen molar-refractivity contribution in [2.45, 2.75) is 44.3 Å². The second kappa shape index (κ2) is 9.66. The molecule has 0 bridgehead atoms. The van der Waals surface area contributed by atoms with E-state index in [1.807, 2.05) is 6.92 Å². The topological polar surface area (TPSA) is 52.9 Å². The van der Waals surface area contributed by atoms with Gasteiger partial charge in [-0.15, -0.1) is 0 Å². The van der Waals surface area contributed by atoms with Crippen LogP contribution >= 0.6 is 11.6 Å². The second-order valence-electron chi connectivity index (χ2n) is 7.16. The average Bonchev–Trinajstić information content (AvgIpc) is 2.71. The SMILES string of the molecule is CCCCN(Cc1cc(Cl)c(O)c(OC)c1)c1ccc(C(O)(C(F)(F)F)C(F)(F)F)cc1. The van der Waals surface area contributed by atoms with E-state index < -0.39 is 23.5 Å². The maximum absolute atomic E-state index is 13.1. The van der Waals surface area contributed by atoms with Crippen LogP contribution in [0.5, 0.6) is 11.5 Å². The van der Waals surface area contributed by atoms with Crippen molar-refractivity contribution in [3.63, 3.8) is 0 Å². The van der Waals surface area contributed by atoms with Crippen LogP contribution in [0.4, 0.5) is 32.0 Å². The first-order chi connectivity index (χ1) is 14.8. The zero-order valence-corrected chi connectivity index (χ0v) is 17.9. The molecule has 0 aliphatic heterocycles. The number of hydrogen-bond acceptors (Lipinski definition) is 4. The molecule has 0 unspecified atom stereocenters. The molecule has 2 aromatic rings. The Balaban J connectivity index is 2.42. The van der Waals surface area contributed by atoms with Gasteiger partial charge in [-0.2, -0.15) is 26.3 Å². The van der Waals surface area contributed by atoms with Crippen LogP contribution in [-0.4, -0.2) is 36.2 Å². The van der Waals surface area contributed by atoms with Crippen molar-refractivity contribution in [1.82, 2.24) is 0 Å². The van der Waals surface area contributed by atoms with Crippen LogP contribution in [0.1, 0.15) is 30.9 Å². The third-order valence-corrected chi connectivity index (χ3v) is 5.22. The first-order valence-corrected chi connectivity index (χ1v) is 9.90. The highest BCUT2D eigenvalue weighted by Crippen LogP contribution is 2.50. The minimum atomic E-state index is -5.95. The maximum Gasteiger partial charge on any atom is 0.430 e. The van der Waals surface area contributed by atoms with E-state index in [0.29, 0.717) is 36.3 Å². The number of phenolic OH excluding ortho intramolecular Hbond substituents is 1. The molecule has 2 aromatic carbocycles. The third kappa shape index (κ3) is 5.17. The summed E-state index contributed by atoms with van der Waals surface area (Å²) in [5, 5.41) is 19.5. The fourth-order valence-electron chi connectivity index (χ4n) is 3.14. The lowest BCUT2D eigenvalue weighted by Crippen LogP contribution is -2.53. The molecule has 4 nitrogen and oxygen atoms in total. The molecule has 0 heterocycles. The van der Waals surface area contributed by atoms with E-state index in [0.717, 1.165) is 18.6 Å². The van der Waals surface area contributed by atoms with Gasteiger partial charge in [-0.3, -0.25) is 0 Å². The quantitative estimate of drug-likeness (QED) is 0.439. The van der Waals surface area contributed by atoms with Crippen molar-refractivity contribution >= 4 is 17.3 Å². The standard InChI is InChI=1S/C21H22ClF6NO3/c1-3-4-9-29(12-13-10-16(22)18(30)17(11-13)32-2)15-7-5-14(6-8-15)19(31,20(23,24)25)21(26,27)28/h5-8,10-11,30-31H,3-4,9,12H2,1-2H3. The normalized spacial score (nSPS) is 12.7. The van der Waals surface area contributed by atoms with E-state index in [2.05, 4.69) is 0 Å². The van der Waals surface area contributed by atoms with E-state index in [9.17, 15) is 36.6 Å². The molecule has 2 N–H and O–H groups in total. The van der Waals surface area contributed by atoms with Crippen molar-refractivity contribution in [3.8, 4) is 11.5 Å². The lowest BCUT2D eigenvalue weighted by Gasteiger charge is -2.33. The average molecular weight is 486 g/mol. The minimum Gasteiger partial charge on any atom is -0.503 e. The molecule has 0 saturated heterocycles. The van der Waals surface area contributed by atoms with Crippen LogP contribution < -0.4 is 9.64 Å². The molecule has 0 amide bonds. The third-order valence-electron chi connectivity index (χ3n) is 4.93. The van der Waals surface area contributed by atoms with Crippen molar-refractivity contribution in [3.05, 3.63) is 52.5 Å². The summed E-state index contributed by atoms with van der Waals surface area (Å²) in [4.78, 5) is 1.73.